The number of nitrogens with one attached hydrogen (secondary N) is 1. The number of carbonyl (C=O) groups is 1. The molecule has 0 aromatic heterocycles. The average Bonchev–Trinajstić information content (AvgIpc) is 3.05. The molecule has 0 bridgehead atoms. The van der Waals surface area contributed by atoms with Crippen LogP contribution in [0.5, 0.6) is 0 Å². The maximum absolute atomic E-state index is 13.2. The summed E-state index contributed by atoms with van der Waals surface area (Å²) in [5.41, 5.74) is 2.17. The van der Waals surface area contributed by atoms with Crippen LogP contribution in [0.25, 0.3) is 11.1 Å². The number of amides is 1. The number of likely N-dealkylation sites (tertiary alicyclic amines) is 2. The molecule has 2 fully saturated rings. The topological polar surface area (TPSA) is 69.7 Å². The summed E-state index contributed by atoms with van der Waals surface area (Å²) in [6.07, 6.45) is -2.91. The van der Waals surface area contributed by atoms with Crippen molar-refractivity contribution in [2.75, 3.05) is 32.4 Å². The van der Waals surface area contributed by atoms with Crippen LogP contribution in [0.4, 0.5) is 13.2 Å². The van der Waals surface area contributed by atoms with Gasteiger partial charge in [-0.15, -0.1) is 0 Å². The first-order valence-corrected chi connectivity index (χ1v) is 13.9. The van der Waals surface area contributed by atoms with E-state index in [9.17, 15) is 26.4 Å². The molecular weight excluding hydrogens is 491 g/mol. The van der Waals surface area contributed by atoms with E-state index in [2.05, 4.69) is 4.72 Å². The minimum atomic E-state index is -4.34. The Labute approximate surface area is 210 Å². The van der Waals surface area contributed by atoms with E-state index in [1.807, 2.05) is 54.6 Å². The van der Waals surface area contributed by atoms with Gasteiger partial charge in [0.15, 0.2) is 0 Å². The van der Waals surface area contributed by atoms with Crippen LogP contribution in [0.1, 0.15) is 19.4 Å². The van der Waals surface area contributed by atoms with Gasteiger partial charge in [-0.25, -0.2) is 13.1 Å². The maximum Gasteiger partial charge on any atom is 0.401 e. The van der Waals surface area contributed by atoms with Gasteiger partial charge in [-0.05, 0) is 23.1 Å². The van der Waals surface area contributed by atoms with Gasteiger partial charge in [-0.1, -0.05) is 68.4 Å². The lowest BCUT2D eigenvalue weighted by Crippen LogP contribution is -2.67. The number of alkyl halides is 3. The van der Waals surface area contributed by atoms with Crippen LogP contribution in [-0.4, -0.2) is 74.8 Å². The van der Waals surface area contributed by atoms with Crippen molar-refractivity contribution < 1.29 is 26.4 Å². The SMILES string of the molecule is CC(C)C(=O)N1CC2(CN(CC(F)(F)F)C2)C(NS(C)(=O)=O)C1Cc1cccc(-c2ccccc2)c1. The molecule has 0 aliphatic carbocycles. The zero-order valence-electron chi connectivity index (χ0n) is 20.6. The van der Waals surface area contributed by atoms with E-state index in [4.69, 9.17) is 0 Å². The quantitative estimate of drug-likeness (QED) is 0.603. The van der Waals surface area contributed by atoms with Crippen molar-refractivity contribution in [3.63, 3.8) is 0 Å². The fourth-order valence-electron chi connectivity index (χ4n) is 5.63. The second-order valence-corrected chi connectivity index (χ2v) is 12.2. The Kier molecular flexibility index (Phi) is 7.24. The second-order valence-electron chi connectivity index (χ2n) is 10.4. The Morgan fingerprint density at radius 2 is 1.69 bits per heavy atom. The predicted molar refractivity (Wildman–Crippen MR) is 133 cm³/mol. The van der Waals surface area contributed by atoms with Gasteiger partial charge in [0.2, 0.25) is 15.9 Å². The van der Waals surface area contributed by atoms with Gasteiger partial charge >= 0.3 is 6.18 Å². The fraction of sp³-hybridized carbons (Fsp3) is 0.500. The molecule has 2 atom stereocenters. The van der Waals surface area contributed by atoms with Crippen LogP contribution in [0.2, 0.25) is 0 Å². The third kappa shape index (κ3) is 5.92. The summed E-state index contributed by atoms with van der Waals surface area (Å²) in [6, 6.07) is 16.5. The van der Waals surface area contributed by atoms with Crippen molar-refractivity contribution in [1.29, 1.82) is 0 Å². The molecule has 0 saturated carbocycles. The summed E-state index contributed by atoms with van der Waals surface area (Å²) in [5, 5.41) is 0. The highest BCUT2D eigenvalue weighted by atomic mass is 32.2. The smallest absolute Gasteiger partial charge is 0.337 e. The average molecular weight is 524 g/mol. The molecule has 0 radical (unpaired) electrons. The molecule has 10 heteroatoms. The van der Waals surface area contributed by atoms with Gasteiger partial charge < -0.3 is 4.90 Å². The Hall–Kier alpha value is -2.43. The van der Waals surface area contributed by atoms with E-state index >= 15 is 0 Å². The molecule has 2 heterocycles. The Bertz CT molecular complexity index is 1200. The molecule has 4 rings (SSSR count). The van der Waals surface area contributed by atoms with Crippen molar-refractivity contribution in [2.45, 2.75) is 38.5 Å². The van der Waals surface area contributed by atoms with Crippen LogP contribution >= 0.6 is 0 Å². The van der Waals surface area contributed by atoms with E-state index in [0.29, 0.717) is 6.42 Å². The number of hydrogen-bond acceptors (Lipinski definition) is 4. The van der Waals surface area contributed by atoms with Gasteiger partial charge in [-0.2, -0.15) is 13.2 Å². The number of sulfonamides is 1. The van der Waals surface area contributed by atoms with Gasteiger partial charge in [-0.3, -0.25) is 9.69 Å². The Balaban J connectivity index is 1.68. The Morgan fingerprint density at radius 3 is 2.28 bits per heavy atom. The minimum absolute atomic E-state index is 0.0716. The number of benzene rings is 2. The number of nitrogens with zero attached hydrogens (tertiary/aromatic N) is 2. The van der Waals surface area contributed by atoms with Gasteiger partial charge in [0.25, 0.3) is 0 Å². The highest BCUT2D eigenvalue weighted by molar-refractivity contribution is 7.88. The third-order valence-electron chi connectivity index (χ3n) is 7.01. The van der Waals surface area contributed by atoms with Crippen molar-refractivity contribution in [2.24, 2.45) is 11.3 Å². The number of rotatable bonds is 7. The molecule has 2 aliphatic rings. The molecular formula is C26H32F3N3O3S. The molecule has 1 amide bonds. The first-order chi connectivity index (χ1) is 16.8. The molecule has 196 valence electrons. The van der Waals surface area contributed by atoms with Crippen molar-refractivity contribution >= 4 is 15.9 Å². The highest BCUT2D eigenvalue weighted by Gasteiger charge is 2.61. The molecule has 6 nitrogen and oxygen atoms in total. The van der Waals surface area contributed by atoms with E-state index < -0.39 is 40.2 Å². The van der Waals surface area contributed by atoms with Gasteiger partial charge in [0.1, 0.15) is 0 Å². The van der Waals surface area contributed by atoms with Crippen molar-refractivity contribution in [3.05, 3.63) is 60.2 Å². The summed E-state index contributed by atoms with van der Waals surface area (Å²) in [4.78, 5) is 16.2. The van der Waals surface area contributed by atoms with E-state index in [1.165, 1.54) is 4.90 Å². The summed E-state index contributed by atoms with van der Waals surface area (Å²) < 4.78 is 66.5. The lowest BCUT2D eigenvalue weighted by molar-refractivity contribution is -0.170. The first-order valence-electron chi connectivity index (χ1n) is 12.0. The van der Waals surface area contributed by atoms with Crippen LogP contribution in [0.15, 0.2) is 54.6 Å². The summed E-state index contributed by atoms with van der Waals surface area (Å²) in [6.45, 7) is 2.85. The van der Waals surface area contributed by atoms with E-state index in [0.717, 1.165) is 22.9 Å². The standard InChI is InChI=1S/C26H32F3N3O3S/c1-18(2)24(33)32-16-25(14-31(15-25)17-26(27,28)29)23(30-36(3,34)35)22(32)13-19-8-7-11-21(12-19)20-9-5-4-6-10-20/h4-12,18,22-23,30H,13-17H2,1-3H3. The zero-order valence-corrected chi connectivity index (χ0v) is 21.4. The minimum Gasteiger partial charge on any atom is -0.337 e. The molecule has 2 aliphatic heterocycles. The summed E-state index contributed by atoms with van der Waals surface area (Å²) in [5.74, 6) is -0.464. The Morgan fingerprint density at radius 1 is 1.06 bits per heavy atom. The molecule has 2 aromatic rings. The maximum atomic E-state index is 13.2. The summed E-state index contributed by atoms with van der Waals surface area (Å²) >= 11 is 0. The third-order valence-corrected chi connectivity index (χ3v) is 7.69. The van der Waals surface area contributed by atoms with Crippen LogP contribution in [0.3, 0.4) is 0 Å². The number of halogens is 3. The molecule has 2 unspecified atom stereocenters. The zero-order chi connectivity index (χ0) is 26.3. The number of carbonyl (C=O) groups excluding carboxylic acids is 1. The molecule has 1 N–H and O–H groups in total. The largest absolute Gasteiger partial charge is 0.401 e. The molecule has 2 saturated heterocycles. The molecule has 36 heavy (non-hydrogen) atoms. The highest BCUT2D eigenvalue weighted by Crippen LogP contribution is 2.45. The second kappa shape index (κ2) is 9.79. The molecule has 2 aromatic carbocycles. The first kappa shape index (κ1) is 26.6. The monoisotopic (exact) mass is 523 g/mol. The van der Waals surface area contributed by atoms with Crippen LogP contribution in [0, 0.1) is 11.3 Å². The van der Waals surface area contributed by atoms with Crippen LogP contribution < -0.4 is 4.72 Å². The number of hydrogen-bond donors (Lipinski definition) is 1. The van der Waals surface area contributed by atoms with E-state index in [-0.39, 0.29) is 31.5 Å². The lowest BCUT2D eigenvalue weighted by atomic mass is 9.73. The van der Waals surface area contributed by atoms with Crippen molar-refractivity contribution in [3.8, 4) is 11.1 Å². The van der Waals surface area contributed by atoms with Crippen LogP contribution in [-0.2, 0) is 21.2 Å². The van der Waals surface area contributed by atoms with Gasteiger partial charge in [0.05, 0.1) is 24.9 Å². The lowest BCUT2D eigenvalue weighted by Gasteiger charge is -2.51. The predicted octanol–water partition coefficient (Wildman–Crippen LogP) is 3.55. The van der Waals surface area contributed by atoms with E-state index in [1.54, 1.807) is 18.7 Å². The summed E-state index contributed by atoms with van der Waals surface area (Å²) in [7, 11) is -3.68. The van der Waals surface area contributed by atoms with Crippen molar-refractivity contribution in [1.82, 2.24) is 14.5 Å². The fourth-order valence-corrected chi connectivity index (χ4v) is 6.50. The molecule has 1 spiro atoms. The van der Waals surface area contributed by atoms with Gasteiger partial charge in [0, 0.05) is 31.0 Å². The normalized spacial score (nSPS) is 22.2.